The van der Waals surface area contributed by atoms with E-state index in [9.17, 15) is 9.90 Å². The normalized spacial score (nSPS) is 10.7. The Morgan fingerprint density at radius 2 is 1.81 bits per heavy atom. The first-order valence-corrected chi connectivity index (χ1v) is 8.42. The molecule has 0 fully saturated rings. The third kappa shape index (κ3) is 5.34. The molecule has 0 radical (unpaired) electrons. The summed E-state index contributed by atoms with van der Waals surface area (Å²) in [5, 5.41) is 15.3. The van der Waals surface area contributed by atoms with Gasteiger partial charge in [-0.15, -0.1) is 0 Å². The van der Waals surface area contributed by atoms with E-state index in [1.165, 1.54) is 6.08 Å². The first-order valence-electron chi connectivity index (χ1n) is 8.42. The van der Waals surface area contributed by atoms with Crippen LogP contribution in [0, 0.1) is 0 Å². The molecule has 1 heterocycles. The molecular weight excluding hydrogens is 340 g/mol. The fourth-order valence-corrected chi connectivity index (χ4v) is 2.40. The van der Waals surface area contributed by atoms with Crippen molar-refractivity contribution in [3.05, 3.63) is 84.1 Å². The molecule has 0 atom stereocenters. The molecule has 0 aliphatic rings. The zero-order chi connectivity index (χ0) is 19.1. The lowest BCUT2D eigenvalue weighted by Gasteiger charge is -2.07. The SMILES string of the molecule is Nc1ccccc1NC(=O)/C=C/c1cccc(NCc2ccc(O)cc2)n1. The summed E-state index contributed by atoms with van der Waals surface area (Å²) in [7, 11) is 0. The predicted octanol–water partition coefficient (Wildman–Crippen LogP) is 3.63. The van der Waals surface area contributed by atoms with Gasteiger partial charge < -0.3 is 21.5 Å². The number of amides is 1. The molecule has 6 heteroatoms. The number of hydrogen-bond acceptors (Lipinski definition) is 5. The molecule has 0 saturated carbocycles. The molecule has 0 aliphatic heterocycles. The van der Waals surface area contributed by atoms with Crippen molar-refractivity contribution in [1.82, 2.24) is 4.98 Å². The number of nitrogen functional groups attached to an aromatic ring is 1. The monoisotopic (exact) mass is 360 g/mol. The molecule has 0 unspecified atom stereocenters. The summed E-state index contributed by atoms with van der Waals surface area (Å²) < 4.78 is 0. The largest absolute Gasteiger partial charge is 0.508 e. The van der Waals surface area contributed by atoms with Crippen LogP contribution in [0.25, 0.3) is 6.08 Å². The topological polar surface area (TPSA) is 100 Å². The molecule has 0 spiro atoms. The molecule has 0 saturated heterocycles. The Morgan fingerprint density at radius 3 is 2.59 bits per heavy atom. The minimum atomic E-state index is -0.280. The van der Waals surface area contributed by atoms with E-state index in [0.29, 0.717) is 29.4 Å². The predicted molar refractivity (Wildman–Crippen MR) is 108 cm³/mol. The minimum absolute atomic E-state index is 0.236. The summed E-state index contributed by atoms with van der Waals surface area (Å²) in [6, 6.07) is 19.6. The van der Waals surface area contributed by atoms with Gasteiger partial charge in [0, 0.05) is 12.6 Å². The second-order valence-electron chi connectivity index (χ2n) is 5.88. The number of phenols is 1. The van der Waals surface area contributed by atoms with Crippen molar-refractivity contribution in [1.29, 1.82) is 0 Å². The molecule has 3 rings (SSSR count). The fourth-order valence-electron chi connectivity index (χ4n) is 2.40. The molecule has 1 aromatic heterocycles. The summed E-state index contributed by atoms with van der Waals surface area (Å²) in [6.07, 6.45) is 3.05. The maximum atomic E-state index is 12.0. The standard InChI is InChI=1S/C21H20N4O2/c22-18-5-1-2-6-19(18)25-21(27)13-10-16-4-3-7-20(24-16)23-14-15-8-11-17(26)12-9-15/h1-13,26H,14,22H2,(H,23,24)(H,25,27)/b13-10+. The highest BCUT2D eigenvalue weighted by atomic mass is 16.3. The molecule has 2 aromatic carbocycles. The van der Waals surface area contributed by atoms with E-state index in [0.717, 1.165) is 5.56 Å². The Balaban J connectivity index is 1.59. The number of carbonyl (C=O) groups excluding carboxylic acids is 1. The molecule has 1 amide bonds. The Labute approximate surface area is 157 Å². The minimum Gasteiger partial charge on any atom is -0.508 e. The average molecular weight is 360 g/mol. The highest BCUT2D eigenvalue weighted by Gasteiger charge is 2.02. The van der Waals surface area contributed by atoms with Crippen molar-refractivity contribution in [2.45, 2.75) is 6.54 Å². The van der Waals surface area contributed by atoms with E-state index in [-0.39, 0.29) is 11.7 Å². The third-order valence-corrected chi connectivity index (χ3v) is 3.80. The van der Waals surface area contributed by atoms with Crippen molar-refractivity contribution < 1.29 is 9.90 Å². The number of nitrogens with one attached hydrogen (secondary N) is 2. The second-order valence-corrected chi connectivity index (χ2v) is 5.88. The molecule has 5 N–H and O–H groups in total. The van der Waals surface area contributed by atoms with Crippen LogP contribution >= 0.6 is 0 Å². The van der Waals surface area contributed by atoms with Crippen LogP contribution in [0.3, 0.4) is 0 Å². The number of nitrogens with two attached hydrogens (primary N) is 1. The Bertz CT molecular complexity index is 952. The van der Waals surface area contributed by atoms with E-state index < -0.39 is 0 Å². The van der Waals surface area contributed by atoms with Crippen LogP contribution in [0.5, 0.6) is 5.75 Å². The van der Waals surface area contributed by atoms with Crippen LogP contribution in [0.15, 0.2) is 72.8 Å². The van der Waals surface area contributed by atoms with Gasteiger partial charge >= 0.3 is 0 Å². The number of aromatic nitrogens is 1. The van der Waals surface area contributed by atoms with Crippen LogP contribution < -0.4 is 16.4 Å². The van der Waals surface area contributed by atoms with Gasteiger partial charge in [-0.25, -0.2) is 4.98 Å². The van der Waals surface area contributed by atoms with Crippen LogP contribution in [0.2, 0.25) is 0 Å². The maximum Gasteiger partial charge on any atom is 0.248 e. The van der Waals surface area contributed by atoms with Crippen molar-refractivity contribution in [2.75, 3.05) is 16.4 Å². The molecule has 6 nitrogen and oxygen atoms in total. The van der Waals surface area contributed by atoms with Crippen molar-refractivity contribution >= 4 is 29.2 Å². The van der Waals surface area contributed by atoms with Crippen molar-refractivity contribution in [2.24, 2.45) is 0 Å². The zero-order valence-electron chi connectivity index (χ0n) is 14.6. The fraction of sp³-hybridized carbons (Fsp3) is 0.0476. The van der Waals surface area contributed by atoms with Crippen LogP contribution in [0.1, 0.15) is 11.3 Å². The number of phenolic OH excluding ortho intramolecular Hbond substituents is 1. The summed E-state index contributed by atoms with van der Waals surface area (Å²) in [5.74, 6) is 0.648. The average Bonchev–Trinajstić information content (AvgIpc) is 2.68. The van der Waals surface area contributed by atoms with Crippen LogP contribution in [0.4, 0.5) is 17.2 Å². The Kier molecular flexibility index (Phi) is 5.69. The number of benzene rings is 2. The quantitative estimate of drug-likeness (QED) is 0.397. The second kappa shape index (κ2) is 8.53. The highest BCUT2D eigenvalue weighted by Crippen LogP contribution is 2.17. The van der Waals surface area contributed by atoms with Gasteiger partial charge in [0.25, 0.3) is 0 Å². The summed E-state index contributed by atoms with van der Waals surface area (Å²) >= 11 is 0. The lowest BCUT2D eigenvalue weighted by molar-refractivity contribution is -0.111. The Morgan fingerprint density at radius 1 is 1.04 bits per heavy atom. The van der Waals surface area contributed by atoms with E-state index in [2.05, 4.69) is 15.6 Å². The Hall–Kier alpha value is -3.80. The number of pyridine rings is 1. The van der Waals surface area contributed by atoms with Gasteiger partial charge in [0.15, 0.2) is 0 Å². The first kappa shape index (κ1) is 18.0. The van der Waals surface area contributed by atoms with Crippen molar-refractivity contribution in [3.8, 4) is 5.75 Å². The third-order valence-electron chi connectivity index (χ3n) is 3.80. The first-order chi connectivity index (χ1) is 13.1. The maximum absolute atomic E-state index is 12.0. The van der Waals surface area contributed by atoms with Gasteiger partial charge in [0.05, 0.1) is 17.1 Å². The number of carbonyl (C=O) groups is 1. The van der Waals surface area contributed by atoms with Gasteiger partial charge in [-0.2, -0.15) is 0 Å². The number of nitrogens with zero attached hydrogens (tertiary/aromatic N) is 1. The van der Waals surface area contributed by atoms with Gasteiger partial charge in [0.1, 0.15) is 11.6 Å². The number of hydrogen-bond donors (Lipinski definition) is 4. The smallest absolute Gasteiger partial charge is 0.248 e. The number of para-hydroxylation sites is 2. The molecule has 3 aromatic rings. The van der Waals surface area contributed by atoms with Crippen LogP contribution in [-0.2, 0) is 11.3 Å². The lowest BCUT2D eigenvalue weighted by atomic mass is 10.2. The molecule has 0 aliphatic carbocycles. The summed E-state index contributed by atoms with van der Waals surface area (Å²) in [5.41, 5.74) is 8.58. The molecule has 27 heavy (non-hydrogen) atoms. The van der Waals surface area contributed by atoms with Gasteiger partial charge in [-0.05, 0) is 48.0 Å². The zero-order valence-corrected chi connectivity index (χ0v) is 14.6. The van der Waals surface area contributed by atoms with E-state index in [1.807, 2.05) is 30.3 Å². The number of rotatable bonds is 6. The van der Waals surface area contributed by atoms with E-state index in [4.69, 9.17) is 5.73 Å². The lowest BCUT2D eigenvalue weighted by Crippen LogP contribution is -2.09. The molecule has 0 bridgehead atoms. The number of aromatic hydroxyl groups is 1. The van der Waals surface area contributed by atoms with E-state index >= 15 is 0 Å². The van der Waals surface area contributed by atoms with Gasteiger partial charge in [0.2, 0.25) is 5.91 Å². The molecule has 136 valence electrons. The van der Waals surface area contributed by atoms with Crippen molar-refractivity contribution in [3.63, 3.8) is 0 Å². The van der Waals surface area contributed by atoms with Crippen LogP contribution in [-0.4, -0.2) is 16.0 Å². The van der Waals surface area contributed by atoms with Gasteiger partial charge in [-0.3, -0.25) is 4.79 Å². The van der Waals surface area contributed by atoms with Gasteiger partial charge in [-0.1, -0.05) is 30.3 Å². The highest BCUT2D eigenvalue weighted by molar-refractivity contribution is 6.03. The van der Waals surface area contributed by atoms with E-state index in [1.54, 1.807) is 42.5 Å². The molecular formula is C21H20N4O2. The number of anilines is 3. The summed E-state index contributed by atoms with van der Waals surface area (Å²) in [4.78, 5) is 16.5. The summed E-state index contributed by atoms with van der Waals surface area (Å²) in [6.45, 7) is 0.578.